The van der Waals surface area contributed by atoms with E-state index in [1.165, 1.54) is 25.9 Å². The van der Waals surface area contributed by atoms with Gasteiger partial charge in [-0.05, 0) is 31.5 Å². The molecule has 1 fully saturated rings. The molecule has 0 saturated carbocycles. The number of hydrogen-bond acceptors (Lipinski definition) is 5. The number of nitrogens with zero attached hydrogens (tertiary/aromatic N) is 3. The van der Waals surface area contributed by atoms with Crippen molar-refractivity contribution in [3.8, 4) is 0 Å². The summed E-state index contributed by atoms with van der Waals surface area (Å²) in [6, 6.07) is 6.47. The standard InChI is InChI=1S/C13H23N5/c1-3-18-9-7-11(8-10-18)17(2)13-6-4-5-12(15-13)16-14/h4-6,11H,3,7-10,14H2,1-2H3,(H,15,16). The Morgan fingerprint density at radius 3 is 2.78 bits per heavy atom. The van der Waals surface area contributed by atoms with Crippen LogP contribution < -0.4 is 16.2 Å². The number of piperidine rings is 1. The van der Waals surface area contributed by atoms with Gasteiger partial charge in [0.15, 0.2) is 0 Å². The van der Waals surface area contributed by atoms with Gasteiger partial charge in [0.1, 0.15) is 11.6 Å². The molecule has 2 rings (SSSR count). The molecule has 1 aliphatic rings. The van der Waals surface area contributed by atoms with Crippen molar-refractivity contribution in [2.45, 2.75) is 25.8 Å². The maximum absolute atomic E-state index is 5.40. The van der Waals surface area contributed by atoms with Gasteiger partial charge in [0.25, 0.3) is 0 Å². The minimum Gasteiger partial charge on any atom is -0.357 e. The number of pyridine rings is 1. The second-order valence-electron chi connectivity index (χ2n) is 4.80. The van der Waals surface area contributed by atoms with Gasteiger partial charge < -0.3 is 15.2 Å². The molecule has 2 heterocycles. The zero-order chi connectivity index (χ0) is 13.0. The molecule has 5 nitrogen and oxygen atoms in total. The Morgan fingerprint density at radius 1 is 1.44 bits per heavy atom. The van der Waals surface area contributed by atoms with Gasteiger partial charge in [-0.2, -0.15) is 0 Å². The Kier molecular flexibility index (Phi) is 4.38. The molecule has 1 saturated heterocycles. The van der Waals surface area contributed by atoms with Crippen molar-refractivity contribution in [1.82, 2.24) is 9.88 Å². The highest BCUT2D eigenvalue weighted by Crippen LogP contribution is 2.21. The van der Waals surface area contributed by atoms with Crippen molar-refractivity contribution in [1.29, 1.82) is 0 Å². The van der Waals surface area contributed by atoms with E-state index in [2.05, 4.69) is 34.2 Å². The summed E-state index contributed by atoms with van der Waals surface area (Å²) in [4.78, 5) is 9.25. The van der Waals surface area contributed by atoms with Gasteiger partial charge in [0, 0.05) is 26.2 Å². The molecule has 0 amide bonds. The molecule has 18 heavy (non-hydrogen) atoms. The summed E-state index contributed by atoms with van der Waals surface area (Å²) in [5.74, 6) is 7.10. The van der Waals surface area contributed by atoms with Crippen molar-refractivity contribution >= 4 is 11.6 Å². The highest BCUT2D eigenvalue weighted by atomic mass is 15.3. The third-order valence-electron chi connectivity index (χ3n) is 3.80. The molecule has 0 radical (unpaired) electrons. The smallest absolute Gasteiger partial charge is 0.142 e. The van der Waals surface area contributed by atoms with E-state index in [0.717, 1.165) is 12.4 Å². The van der Waals surface area contributed by atoms with Crippen LogP contribution in [0.1, 0.15) is 19.8 Å². The predicted octanol–water partition coefficient (Wildman–Crippen LogP) is 1.29. The van der Waals surface area contributed by atoms with E-state index < -0.39 is 0 Å². The van der Waals surface area contributed by atoms with Crippen LogP contribution in [0.5, 0.6) is 0 Å². The molecule has 0 unspecified atom stereocenters. The van der Waals surface area contributed by atoms with Crippen molar-refractivity contribution in [3.05, 3.63) is 18.2 Å². The van der Waals surface area contributed by atoms with E-state index >= 15 is 0 Å². The Morgan fingerprint density at radius 2 is 2.17 bits per heavy atom. The maximum atomic E-state index is 5.40. The molecule has 1 aromatic heterocycles. The Bertz CT molecular complexity index is 373. The summed E-state index contributed by atoms with van der Waals surface area (Å²) in [5, 5.41) is 0. The van der Waals surface area contributed by atoms with Crippen molar-refractivity contribution < 1.29 is 0 Å². The summed E-state index contributed by atoms with van der Waals surface area (Å²) in [6.45, 7) is 5.74. The van der Waals surface area contributed by atoms with Gasteiger partial charge in [-0.25, -0.2) is 10.8 Å². The van der Waals surface area contributed by atoms with Crippen LogP contribution in [0.4, 0.5) is 11.6 Å². The quantitative estimate of drug-likeness (QED) is 0.622. The lowest BCUT2D eigenvalue weighted by molar-refractivity contribution is 0.220. The zero-order valence-electron chi connectivity index (χ0n) is 11.3. The van der Waals surface area contributed by atoms with Crippen LogP contribution in [-0.2, 0) is 0 Å². The van der Waals surface area contributed by atoms with E-state index in [0.29, 0.717) is 11.9 Å². The molecule has 0 atom stereocenters. The minimum atomic E-state index is 0.577. The molecule has 3 N–H and O–H groups in total. The Balaban J connectivity index is 2.00. The monoisotopic (exact) mass is 249 g/mol. The largest absolute Gasteiger partial charge is 0.357 e. The fraction of sp³-hybridized carbons (Fsp3) is 0.615. The lowest BCUT2D eigenvalue weighted by Crippen LogP contribution is -2.43. The van der Waals surface area contributed by atoms with Gasteiger partial charge >= 0.3 is 0 Å². The highest BCUT2D eigenvalue weighted by Gasteiger charge is 2.22. The molecule has 5 heteroatoms. The predicted molar refractivity (Wildman–Crippen MR) is 75.6 cm³/mol. The van der Waals surface area contributed by atoms with Crippen LogP contribution in [0.25, 0.3) is 0 Å². The lowest BCUT2D eigenvalue weighted by Gasteiger charge is -2.36. The lowest BCUT2D eigenvalue weighted by atomic mass is 10.0. The van der Waals surface area contributed by atoms with Crippen molar-refractivity contribution in [3.63, 3.8) is 0 Å². The van der Waals surface area contributed by atoms with Gasteiger partial charge in [-0.3, -0.25) is 0 Å². The first kappa shape index (κ1) is 13.1. The number of anilines is 2. The fourth-order valence-corrected chi connectivity index (χ4v) is 2.51. The molecular formula is C13H23N5. The number of aromatic nitrogens is 1. The van der Waals surface area contributed by atoms with Crippen LogP contribution in [0.15, 0.2) is 18.2 Å². The Hall–Kier alpha value is -1.33. The molecule has 100 valence electrons. The summed E-state index contributed by atoms with van der Waals surface area (Å²) >= 11 is 0. The van der Waals surface area contributed by atoms with E-state index in [9.17, 15) is 0 Å². The normalized spacial score (nSPS) is 17.7. The summed E-state index contributed by atoms with van der Waals surface area (Å²) in [6.07, 6.45) is 2.40. The molecule has 1 aromatic rings. The molecule has 1 aliphatic heterocycles. The summed E-state index contributed by atoms with van der Waals surface area (Å²) in [7, 11) is 2.12. The van der Waals surface area contributed by atoms with Gasteiger partial charge in [0.2, 0.25) is 0 Å². The fourth-order valence-electron chi connectivity index (χ4n) is 2.51. The average Bonchev–Trinajstić information content (AvgIpc) is 2.46. The third-order valence-corrected chi connectivity index (χ3v) is 3.80. The number of nitrogen functional groups attached to an aromatic ring is 1. The maximum Gasteiger partial charge on any atom is 0.142 e. The first-order valence-corrected chi connectivity index (χ1v) is 6.63. The molecule has 0 bridgehead atoms. The topological polar surface area (TPSA) is 57.4 Å². The number of rotatable bonds is 4. The highest BCUT2D eigenvalue weighted by molar-refractivity contribution is 5.46. The summed E-state index contributed by atoms with van der Waals surface area (Å²) < 4.78 is 0. The SMILES string of the molecule is CCN1CCC(N(C)c2cccc(NN)n2)CC1. The number of nitrogens with one attached hydrogen (secondary N) is 1. The Labute approximate surface area is 109 Å². The third kappa shape index (κ3) is 2.91. The zero-order valence-corrected chi connectivity index (χ0v) is 11.3. The van der Waals surface area contributed by atoms with E-state index in [4.69, 9.17) is 5.84 Å². The van der Waals surface area contributed by atoms with Crippen LogP contribution in [0.2, 0.25) is 0 Å². The number of hydrogen-bond donors (Lipinski definition) is 2. The van der Waals surface area contributed by atoms with Crippen molar-refractivity contribution in [2.75, 3.05) is 37.0 Å². The summed E-state index contributed by atoms with van der Waals surface area (Å²) in [5.41, 5.74) is 2.60. The molecular weight excluding hydrogens is 226 g/mol. The van der Waals surface area contributed by atoms with Crippen LogP contribution in [-0.4, -0.2) is 42.6 Å². The number of nitrogens with two attached hydrogens (primary N) is 1. The average molecular weight is 249 g/mol. The second kappa shape index (κ2) is 6.02. The minimum absolute atomic E-state index is 0.577. The van der Waals surface area contributed by atoms with Gasteiger partial charge in [0.05, 0.1) is 0 Å². The first-order valence-electron chi connectivity index (χ1n) is 6.63. The van der Waals surface area contributed by atoms with Crippen LogP contribution in [0.3, 0.4) is 0 Å². The van der Waals surface area contributed by atoms with Gasteiger partial charge in [-0.1, -0.05) is 13.0 Å². The molecule has 0 aromatic carbocycles. The van der Waals surface area contributed by atoms with Crippen LogP contribution >= 0.6 is 0 Å². The van der Waals surface area contributed by atoms with E-state index in [1.54, 1.807) is 0 Å². The number of hydrazine groups is 1. The molecule has 0 spiro atoms. The van der Waals surface area contributed by atoms with Gasteiger partial charge in [-0.15, -0.1) is 0 Å². The van der Waals surface area contributed by atoms with Crippen molar-refractivity contribution in [2.24, 2.45) is 5.84 Å². The van der Waals surface area contributed by atoms with Crippen LogP contribution in [0, 0.1) is 0 Å². The number of likely N-dealkylation sites (tertiary alicyclic amines) is 1. The molecule has 0 aliphatic carbocycles. The second-order valence-corrected chi connectivity index (χ2v) is 4.80. The van der Waals surface area contributed by atoms with E-state index in [1.807, 2.05) is 18.2 Å². The first-order chi connectivity index (χ1) is 8.74. The van der Waals surface area contributed by atoms with E-state index in [-0.39, 0.29) is 0 Å².